The minimum atomic E-state index is -0.752. The number of hydrogen-bond donors (Lipinski definition) is 1. The van der Waals surface area contributed by atoms with Crippen LogP contribution in [-0.4, -0.2) is 34.8 Å². The first kappa shape index (κ1) is 12.9. The number of nitrogens with zero attached hydrogens (tertiary/aromatic N) is 1. The van der Waals surface area contributed by atoms with E-state index in [1.165, 1.54) is 0 Å². The molecule has 0 radical (unpaired) electrons. The first-order valence-corrected chi connectivity index (χ1v) is 6.61. The number of hydrogen-bond acceptors (Lipinski definition) is 2. The fraction of sp³-hybridized carbons (Fsp3) is 0.714. The van der Waals surface area contributed by atoms with E-state index in [4.69, 9.17) is 6.42 Å². The minimum absolute atomic E-state index is 0.0133. The van der Waals surface area contributed by atoms with E-state index in [2.05, 4.69) is 11.2 Å². The van der Waals surface area contributed by atoms with E-state index in [1.54, 1.807) is 4.90 Å². The highest BCUT2D eigenvalue weighted by molar-refractivity contribution is 5.94. The molecule has 4 heteroatoms. The molecule has 2 atom stereocenters. The van der Waals surface area contributed by atoms with Crippen molar-refractivity contribution in [3.05, 3.63) is 0 Å². The Labute approximate surface area is 108 Å². The summed E-state index contributed by atoms with van der Waals surface area (Å²) in [6.45, 7) is 4.23. The summed E-state index contributed by atoms with van der Waals surface area (Å²) in [7, 11) is 0. The van der Waals surface area contributed by atoms with E-state index < -0.39 is 5.54 Å². The Morgan fingerprint density at radius 2 is 2.22 bits per heavy atom. The van der Waals surface area contributed by atoms with Crippen LogP contribution in [0.1, 0.15) is 39.5 Å². The van der Waals surface area contributed by atoms with Gasteiger partial charge in [0, 0.05) is 13.0 Å². The first-order chi connectivity index (χ1) is 8.52. The molecule has 0 spiro atoms. The zero-order valence-corrected chi connectivity index (χ0v) is 11.0. The van der Waals surface area contributed by atoms with Gasteiger partial charge in [-0.2, -0.15) is 0 Å². The van der Waals surface area contributed by atoms with Crippen LogP contribution in [-0.2, 0) is 9.59 Å². The molecule has 2 unspecified atom stereocenters. The van der Waals surface area contributed by atoms with Gasteiger partial charge in [0.05, 0.1) is 6.04 Å². The molecule has 2 rings (SSSR count). The van der Waals surface area contributed by atoms with Crippen molar-refractivity contribution < 1.29 is 9.59 Å². The molecule has 1 N–H and O–H groups in total. The number of rotatable bonds is 3. The first-order valence-electron chi connectivity index (χ1n) is 6.61. The zero-order valence-electron chi connectivity index (χ0n) is 11.0. The number of terminal acetylenes is 1. The van der Waals surface area contributed by atoms with Crippen molar-refractivity contribution in [2.45, 2.75) is 51.1 Å². The van der Waals surface area contributed by atoms with Gasteiger partial charge in [0.15, 0.2) is 0 Å². The fourth-order valence-electron chi connectivity index (χ4n) is 2.69. The average molecular weight is 248 g/mol. The molecule has 2 amide bonds. The highest BCUT2D eigenvalue weighted by Gasteiger charge is 2.51. The van der Waals surface area contributed by atoms with Crippen LogP contribution in [0.25, 0.3) is 0 Å². The van der Waals surface area contributed by atoms with Gasteiger partial charge in [0.2, 0.25) is 11.8 Å². The zero-order chi connectivity index (χ0) is 13.3. The second kappa shape index (κ2) is 4.64. The van der Waals surface area contributed by atoms with E-state index >= 15 is 0 Å². The van der Waals surface area contributed by atoms with E-state index in [0.717, 1.165) is 19.3 Å². The topological polar surface area (TPSA) is 49.4 Å². The standard InChI is InChI=1S/C14H20N2O2/c1-4-11(5-2)16-9-8-12(17)15-14(3,13(16)18)10-6-7-10/h1,10-11H,5-9H2,2-3H3,(H,15,17). The summed E-state index contributed by atoms with van der Waals surface area (Å²) < 4.78 is 0. The van der Waals surface area contributed by atoms with E-state index in [9.17, 15) is 9.59 Å². The van der Waals surface area contributed by atoms with E-state index in [1.807, 2.05) is 13.8 Å². The predicted molar refractivity (Wildman–Crippen MR) is 68.5 cm³/mol. The summed E-state index contributed by atoms with van der Waals surface area (Å²) >= 11 is 0. The van der Waals surface area contributed by atoms with Crippen molar-refractivity contribution in [1.82, 2.24) is 10.2 Å². The van der Waals surface area contributed by atoms with Crippen LogP contribution >= 0.6 is 0 Å². The number of carbonyl (C=O) groups excluding carboxylic acids is 2. The third-order valence-electron chi connectivity index (χ3n) is 4.03. The van der Waals surface area contributed by atoms with Crippen LogP contribution in [0.15, 0.2) is 0 Å². The maximum Gasteiger partial charge on any atom is 0.249 e. The normalized spacial score (nSPS) is 30.4. The van der Waals surface area contributed by atoms with Crippen molar-refractivity contribution in [3.8, 4) is 12.3 Å². The lowest BCUT2D eigenvalue weighted by molar-refractivity contribution is -0.140. The molecule has 1 heterocycles. The SMILES string of the molecule is C#CC(CC)N1CCC(=O)NC(C)(C2CC2)C1=O. The van der Waals surface area contributed by atoms with E-state index in [-0.39, 0.29) is 23.8 Å². The maximum atomic E-state index is 12.7. The third-order valence-corrected chi connectivity index (χ3v) is 4.03. The molecule has 2 aliphatic rings. The molecular weight excluding hydrogens is 228 g/mol. The molecule has 0 aromatic rings. The minimum Gasteiger partial charge on any atom is -0.342 e. The van der Waals surface area contributed by atoms with Crippen molar-refractivity contribution in [2.24, 2.45) is 5.92 Å². The lowest BCUT2D eigenvalue weighted by atomic mass is 9.93. The predicted octanol–water partition coefficient (Wildman–Crippen LogP) is 0.915. The second-order valence-corrected chi connectivity index (χ2v) is 5.36. The molecule has 18 heavy (non-hydrogen) atoms. The number of amides is 2. The molecule has 0 aromatic heterocycles. The third kappa shape index (κ3) is 2.10. The van der Waals surface area contributed by atoms with Gasteiger partial charge >= 0.3 is 0 Å². The maximum absolute atomic E-state index is 12.7. The van der Waals surface area contributed by atoms with Gasteiger partial charge in [-0.1, -0.05) is 12.8 Å². The van der Waals surface area contributed by atoms with Gasteiger partial charge in [-0.3, -0.25) is 9.59 Å². The molecule has 0 aromatic carbocycles. The van der Waals surface area contributed by atoms with Gasteiger partial charge in [-0.15, -0.1) is 6.42 Å². The Hall–Kier alpha value is -1.50. The lowest BCUT2D eigenvalue weighted by Gasteiger charge is -2.34. The van der Waals surface area contributed by atoms with Crippen LogP contribution < -0.4 is 5.32 Å². The molecule has 1 aliphatic heterocycles. The van der Waals surface area contributed by atoms with Crippen LogP contribution in [0.5, 0.6) is 0 Å². The summed E-state index contributed by atoms with van der Waals surface area (Å²) in [5.41, 5.74) is -0.752. The van der Waals surface area contributed by atoms with Crippen molar-refractivity contribution in [3.63, 3.8) is 0 Å². The summed E-state index contributed by atoms with van der Waals surface area (Å²) in [4.78, 5) is 26.2. The van der Waals surface area contributed by atoms with Crippen molar-refractivity contribution in [1.29, 1.82) is 0 Å². The van der Waals surface area contributed by atoms with Gasteiger partial charge in [0.25, 0.3) is 0 Å². The molecule has 4 nitrogen and oxygen atoms in total. The quantitative estimate of drug-likeness (QED) is 0.755. The molecule has 2 fully saturated rings. The molecule has 98 valence electrons. The summed E-state index contributed by atoms with van der Waals surface area (Å²) in [6.07, 6.45) is 8.56. The molecule has 1 saturated heterocycles. The Morgan fingerprint density at radius 3 is 2.72 bits per heavy atom. The van der Waals surface area contributed by atoms with Gasteiger partial charge < -0.3 is 10.2 Å². The lowest BCUT2D eigenvalue weighted by Crippen LogP contribution is -2.58. The molecule has 1 saturated carbocycles. The van der Waals surface area contributed by atoms with Crippen LogP contribution in [0.4, 0.5) is 0 Å². The molecule has 1 aliphatic carbocycles. The number of nitrogens with one attached hydrogen (secondary N) is 1. The highest BCUT2D eigenvalue weighted by atomic mass is 16.2. The Bertz CT molecular complexity index is 409. The number of carbonyl (C=O) groups is 2. The van der Waals surface area contributed by atoms with Crippen molar-refractivity contribution in [2.75, 3.05) is 6.54 Å². The van der Waals surface area contributed by atoms with Crippen LogP contribution in [0.2, 0.25) is 0 Å². The smallest absolute Gasteiger partial charge is 0.249 e. The highest BCUT2D eigenvalue weighted by Crippen LogP contribution is 2.41. The Morgan fingerprint density at radius 1 is 1.56 bits per heavy atom. The van der Waals surface area contributed by atoms with Crippen LogP contribution in [0, 0.1) is 18.3 Å². The molecular formula is C14H20N2O2. The van der Waals surface area contributed by atoms with Gasteiger partial charge in [0.1, 0.15) is 5.54 Å². The monoisotopic (exact) mass is 248 g/mol. The Kier molecular flexibility index (Phi) is 3.34. The Balaban J connectivity index is 2.29. The fourth-order valence-corrected chi connectivity index (χ4v) is 2.69. The second-order valence-electron chi connectivity index (χ2n) is 5.36. The van der Waals surface area contributed by atoms with Gasteiger partial charge in [-0.05, 0) is 32.1 Å². The van der Waals surface area contributed by atoms with Crippen molar-refractivity contribution >= 4 is 11.8 Å². The van der Waals surface area contributed by atoms with Crippen LogP contribution in [0.3, 0.4) is 0 Å². The van der Waals surface area contributed by atoms with E-state index in [0.29, 0.717) is 13.0 Å². The average Bonchev–Trinajstić information content (AvgIpc) is 3.17. The van der Waals surface area contributed by atoms with Gasteiger partial charge in [-0.25, -0.2) is 0 Å². The largest absolute Gasteiger partial charge is 0.342 e. The molecule has 0 bridgehead atoms. The summed E-state index contributed by atoms with van der Waals surface area (Å²) in [5.74, 6) is 2.86. The summed E-state index contributed by atoms with van der Waals surface area (Å²) in [5, 5.41) is 2.90. The summed E-state index contributed by atoms with van der Waals surface area (Å²) in [6, 6.07) is -0.205.